The van der Waals surface area contributed by atoms with E-state index in [2.05, 4.69) is 20.8 Å². The fourth-order valence-corrected chi connectivity index (χ4v) is 0.803. The van der Waals surface area contributed by atoms with Crippen molar-refractivity contribution in [1.82, 2.24) is 4.90 Å². The average Bonchev–Trinajstić information content (AvgIpc) is 1.82. The Morgan fingerprint density at radius 2 is 2.00 bits per heavy atom. The Morgan fingerprint density at radius 3 is 2.11 bits per heavy atom. The molecule has 0 aromatic rings. The van der Waals surface area contributed by atoms with Crippen LogP contribution in [-0.2, 0) is 0 Å². The molecule has 2 heteroatoms. The lowest BCUT2D eigenvalue weighted by Gasteiger charge is -2.18. The molecule has 0 aromatic heterocycles. The minimum Gasteiger partial charge on any atom is -0.381 e. The standard InChI is InChI=1S/C7H17NO/c1-4-8(6-9)5-7(2)3/h7,9H,4-6H2,1-3H3. The summed E-state index contributed by atoms with van der Waals surface area (Å²) in [7, 11) is 0. The topological polar surface area (TPSA) is 23.5 Å². The van der Waals surface area contributed by atoms with Crippen molar-refractivity contribution < 1.29 is 5.11 Å². The maximum absolute atomic E-state index is 8.70. The quantitative estimate of drug-likeness (QED) is 0.573. The van der Waals surface area contributed by atoms with Gasteiger partial charge in [-0.2, -0.15) is 0 Å². The zero-order valence-corrected chi connectivity index (χ0v) is 6.59. The van der Waals surface area contributed by atoms with Crippen molar-refractivity contribution in [3.05, 3.63) is 0 Å². The highest BCUT2D eigenvalue weighted by Gasteiger charge is 2.00. The average molecular weight is 131 g/mol. The normalized spacial score (nSPS) is 11.3. The van der Waals surface area contributed by atoms with Crippen LogP contribution in [0, 0.1) is 5.92 Å². The van der Waals surface area contributed by atoms with Gasteiger partial charge in [-0.05, 0) is 12.5 Å². The number of nitrogens with zero attached hydrogens (tertiary/aromatic N) is 1. The second-order valence-electron chi connectivity index (χ2n) is 2.70. The van der Waals surface area contributed by atoms with Gasteiger partial charge < -0.3 is 5.11 Å². The van der Waals surface area contributed by atoms with E-state index < -0.39 is 0 Å². The van der Waals surface area contributed by atoms with E-state index in [4.69, 9.17) is 5.11 Å². The summed E-state index contributed by atoms with van der Waals surface area (Å²) in [6, 6.07) is 0. The van der Waals surface area contributed by atoms with Crippen LogP contribution in [0.25, 0.3) is 0 Å². The predicted octanol–water partition coefficient (Wildman–Crippen LogP) is 0.914. The Kier molecular flexibility index (Phi) is 4.72. The van der Waals surface area contributed by atoms with Crippen molar-refractivity contribution in [3.63, 3.8) is 0 Å². The number of hydrogen-bond donors (Lipinski definition) is 1. The first-order valence-corrected chi connectivity index (χ1v) is 3.53. The summed E-state index contributed by atoms with van der Waals surface area (Å²) in [5.74, 6) is 0.650. The van der Waals surface area contributed by atoms with E-state index >= 15 is 0 Å². The van der Waals surface area contributed by atoms with E-state index in [0.717, 1.165) is 13.1 Å². The Morgan fingerprint density at radius 1 is 1.44 bits per heavy atom. The van der Waals surface area contributed by atoms with Gasteiger partial charge in [0.05, 0.1) is 6.73 Å². The van der Waals surface area contributed by atoms with Gasteiger partial charge in [-0.15, -0.1) is 0 Å². The molecule has 0 bridgehead atoms. The number of aliphatic hydroxyl groups is 1. The predicted molar refractivity (Wildman–Crippen MR) is 39.2 cm³/mol. The van der Waals surface area contributed by atoms with Gasteiger partial charge in [0, 0.05) is 6.54 Å². The molecule has 0 aliphatic rings. The van der Waals surface area contributed by atoms with Crippen LogP contribution in [0.2, 0.25) is 0 Å². The van der Waals surface area contributed by atoms with Crippen molar-refractivity contribution in [1.29, 1.82) is 0 Å². The minimum atomic E-state index is 0.189. The largest absolute Gasteiger partial charge is 0.381 e. The van der Waals surface area contributed by atoms with Crippen LogP contribution < -0.4 is 0 Å². The molecule has 0 aliphatic heterocycles. The molecule has 56 valence electrons. The zero-order valence-electron chi connectivity index (χ0n) is 6.59. The summed E-state index contributed by atoms with van der Waals surface area (Å²) in [4.78, 5) is 2.00. The molecular weight excluding hydrogens is 114 g/mol. The van der Waals surface area contributed by atoms with Gasteiger partial charge in [-0.3, -0.25) is 4.90 Å². The molecule has 0 unspecified atom stereocenters. The van der Waals surface area contributed by atoms with Gasteiger partial charge in [-0.1, -0.05) is 20.8 Å². The SMILES string of the molecule is CCN(CO)CC(C)C. The molecule has 0 radical (unpaired) electrons. The third-order valence-corrected chi connectivity index (χ3v) is 1.27. The zero-order chi connectivity index (χ0) is 7.28. The second kappa shape index (κ2) is 4.77. The fourth-order valence-electron chi connectivity index (χ4n) is 0.803. The summed E-state index contributed by atoms with van der Waals surface area (Å²) in [5.41, 5.74) is 0. The van der Waals surface area contributed by atoms with Gasteiger partial charge in [0.25, 0.3) is 0 Å². The molecule has 0 saturated carbocycles. The first-order valence-electron chi connectivity index (χ1n) is 3.53. The molecule has 0 aliphatic carbocycles. The number of rotatable bonds is 4. The van der Waals surface area contributed by atoms with E-state index in [1.165, 1.54) is 0 Å². The highest BCUT2D eigenvalue weighted by molar-refractivity contribution is 4.51. The van der Waals surface area contributed by atoms with E-state index in [1.807, 2.05) is 4.90 Å². The number of hydrogen-bond acceptors (Lipinski definition) is 2. The van der Waals surface area contributed by atoms with Crippen LogP contribution in [0.1, 0.15) is 20.8 Å². The second-order valence-corrected chi connectivity index (χ2v) is 2.70. The van der Waals surface area contributed by atoms with E-state index in [0.29, 0.717) is 5.92 Å². The Labute approximate surface area is 57.5 Å². The van der Waals surface area contributed by atoms with Crippen molar-refractivity contribution in [3.8, 4) is 0 Å². The van der Waals surface area contributed by atoms with Crippen LogP contribution in [-0.4, -0.2) is 29.8 Å². The monoisotopic (exact) mass is 131 g/mol. The molecule has 0 atom stereocenters. The number of aliphatic hydroxyl groups excluding tert-OH is 1. The van der Waals surface area contributed by atoms with Crippen LogP contribution in [0.5, 0.6) is 0 Å². The van der Waals surface area contributed by atoms with Crippen molar-refractivity contribution in [2.24, 2.45) is 5.92 Å². The third kappa shape index (κ3) is 4.43. The van der Waals surface area contributed by atoms with Crippen molar-refractivity contribution in [2.45, 2.75) is 20.8 Å². The molecule has 0 rings (SSSR count). The van der Waals surface area contributed by atoms with Gasteiger partial charge >= 0.3 is 0 Å². The Bertz CT molecular complexity index is 59.9. The van der Waals surface area contributed by atoms with Crippen LogP contribution in [0.15, 0.2) is 0 Å². The highest BCUT2D eigenvalue weighted by Crippen LogP contribution is 1.95. The van der Waals surface area contributed by atoms with Crippen molar-refractivity contribution in [2.75, 3.05) is 19.8 Å². The van der Waals surface area contributed by atoms with E-state index in [9.17, 15) is 0 Å². The fraction of sp³-hybridized carbons (Fsp3) is 1.00. The lowest BCUT2D eigenvalue weighted by molar-refractivity contribution is 0.101. The molecule has 9 heavy (non-hydrogen) atoms. The third-order valence-electron chi connectivity index (χ3n) is 1.27. The maximum atomic E-state index is 8.70. The smallest absolute Gasteiger partial charge is 0.0956 e. The molecule has 0 saturated heterocycles. The summed E-state index contributed by atoms with van der Waals surface area (Å²) in [6.45, 7) is 8.48. The molecule has 2 nitrogen and oxygen atoms in total. The van der Waals surface area contributed by atoms with Crippen molar-refractivity contribution >= 4 is 0 Å². The first-order chi connectivity index (χ1) is 4.20. The lowest BCUT2D eigenvalue weighted by Crippen LogP contribution is -2.28. The maximum Gasteiger partial charge on any atom is 0.0956 e. The van der Waals surface area contributed by atoms with Gasteiger partial charge in [0.15, 0.2) is 0 Å². The molecule has 0 amide bonds. The Hall–Kier alpha value is -0.0800. The summed E-state index contributed by atoms with van der Waals surface area (Å²) in [6.07, 6.45) is 0. The summed E-state index contributed by atoms with van der Waals surface area (Å²) in [5, 5.41) is 8.70. The summed E-state index contributed by atoms with van der Waals surface area (Å²) < 4.78 is 0. The van der Waals surface area contributed by atoms with Gasteiger partial charge in [-0.25, -0.2) is 0 Å². The molecule has 0 aromatic carbocycles. The Balaban J connectivity index is 3.31. The molecule has 1 N–H and O–H groups in total. The van der Waals surface area contributed by atoms with E-state index in [1.54, 1.807) is 0 Å². The highest BCUT2D eigenvalue weighted by atomic mass is 16.3. The molecule has 0 spiro atoms. The van der Waals surface area contributed by atoms with Gasteiger partial charge in [0.2, 0.25) is 0 Å². The first kappa shape index (κ1) is 8.92. The summed E-state index contributed by atoms with van der Waals surface area (Å²) >= 11 is 0. The van der Waals surface area contributed by atoms with Crippen LogP contribution >= 0.6 is 0 Å². The van der Waals surface area contributed by atoms with Crippen LogP contribution in [0.4, 0.5) is 0 Å². The minimum absolute atomic E-state index is 0.189. The molecule has 0 heterocycles. The van der Waals surface area contributed by atoms with Crippen LogP contribution in [0.3, 0.4) is 0 Å². The lowest BCUT2D eigenvalue weighted by atomic mass is 10.2. The van der Waals surface area contributed by atoms with Gasteiger partial charge in [0.1, 0.15) is 0 Å². The van der Waals surface area contributed by atoms with E-state index in [-0.39, 0.29) is 6.73 Å². The molecule has 0 fully saturated rings. The molecular formula is C7H17NO.